The maximum absolute atomic E-state index is 12.8. The van der Waals surface area contributed by atoms with Gasteiger partial charge < -0.3 is 5.32 Å². The zero-order valence-electron chi connectivity index (χ0n) is 17.6. The van der Waals surface area contributed by atoms with Gasteiger partial charge in [-0.15, -0.1) is 0 Å². The highest BCUT2D eigenvalue weighted by Crippen LogP contribution is 2.33. The van der Waals surface area contributed by atoms with Crippen LogP contribution in [0.3, 0.4) is 0 Å². The first-order chi connectivity index (χ1) is 14.7. The number of anilines is 3. The van der Waals surface area contributed by atoms with Gasteiger partial charge >= 0.3 is 0 Å². The second kappa shape index (κ2) is 9.27. The van der Waals surface area contributed by atoms with E-state index in [-0.39, 0.29) is 22.2 Å². The number of sulfonamides is 2. The second-order valence-electron chi connectivity index (χ2n) is 7.35. The minimum atomic E-state index is -3.88. The smallest absolute Gasteiger partial charge is 0.261 e. The van der Waals surface area contributed by atoms with E-state index >= 15 is 0 Å². The van der Waals surface area contributed by atoms with Crippen molar-refractivity contribution in [2.45, 2.75) is 44.4 Å². The number of carbonyl (C=O) groups excluding carboxylic acids is 1. The number of hydrogen-bond donors (Lipinski definition) is 2. The second-order valence-corrected chi connectivity index (χ2v) is 11.2. The number of fused-ring (bicyclic) bond motifs is 1. The minimum Gasteiger partial charge on any atom is -0.326 e. The molecule has 10 heteroatoms. The fourth-order valence-electron chi connectivity index (χ4n) is 3.43. The lowest BCUT2D eigenvalue weighted by Gasteiger charge is -2.30. The van der Waals surface area contributed by atoms with Crippen LogP contribution in [0.5, 0.6) is 0 Å². The monoisotopic (exact) mass is 465 g/mol. The number of benzene rings is 2. The van der Waals surface area contributed by atoms with Gasteiger partial charge in [-0.25, -0.2) is 16.8 Å². The molecule has 1 aliphatic rings. The van der Waals surface area contributed by atoms with Crippen molar-refractivity contribution in [3.63, 3.8) is 0 Å². The SMILES string of the molecule is CCCC(=O)Nc1ccc(S(=O)(=O)Nc2ccc3c(c2)N(S(=O)(=O)CC)CCC3)cc1. The number of nitrogens with zero attached hydrogens (tertiary/aromatic N) is 1. The van der Waals surface area contributed by atoms with Crippen molar-refractivity contribution >= 4 is 43.0 Å². The fraction of sp³-hybridized carbons (Fsp3) is 0.381. The van der Waals surface area contributed by atoms with Crippen LogP contribution < -0.4 is 14.3 Å². The van der Waals surface area contributed by atoms with E-state index in [1.54, 1.807) is 25.1 Å². The Labute approximate surface area is 183 Å². The van der Waals surface area contributed by atoms with Crippen molar-refractivity contribution < 1.29 is 21.6 Å². The number of hydrogen-bond acceptors (Lipinski definition) is 5. The van der Waals surface area contributed by atoms with Crippen molar-refractivity contribution in [3.8, 4) is 0 Å². The van der Waals surface area contributed by atoms with Gasteiger partial charge in [0.2, 0.25) is 15.9 Å². The standard InChI is InChI=1S/C21H27N3O5S2/c1-3-6-21(25)22-17-10-12-19(13-11-17)31(28,29)23-18-9-8-16-7-5-14-24(20(16)15-18)30(26,27)4-2/h8-13,15,23H,3-7,14H2,1-2H3,(H,22,25). The molecule has 0 aromatic heterocycles. The van der Waals surface area contributed by atoms with E-state index in [4.69, 9.17) is 0 Å². The Morgan fingerprint density at radius 3 is 2.32 bits per heavy atom. The van der Waals surface area contributed by atoms with Gasteiger partial charge in [0.15, 0.2) is 0 Å². The molecule has 0 radical (unpaired) electrons. The van der Waals surface area contributed by atoms with Gasteiger partial charge in [-0.3, -0.25) is 13.8 Å². The van der Waals surface area contributed by atoms with Crippen LogP contribution >= 0.6 is 0 Å². The molecule has 2 aromatic carbocycles. The lowest BCUT2D eigenvalue weighted by molar-refractivity contribution is -0.116. The van der Waals surface area contributed by atoms with Crippen molar-refractivity contribution in [1.29, 1.82) is 0 Å². The highest BCUT2D eigenvalue weighted by atomic mass is 32.2. The molecule has 0 unspecified atom stereocenters. The maximum Gasteiger partial charge on any atom is 0.261 e. The van der Waals surface area contributed by atoms with Gasteiger partial charge in [-0.05, 0) is 68.1 Å². The summed E-state index contributed by atoms with van der Waals surface area (Å²) in [6.45, 7) is 3.87. The molecule has 0 atom stereocenters. The van der Waals surface area contributed by atoms with E-state index in [0.717, 1.165) is 24.8 Å². The molecule has 0 spiro atoms. The summed E-state index contributed by atoms with van der Waals surface area (Å²) in [5.74, 6) is -0.152. The van der Waals surface area contributed by atoms with Crippen molar-refractivity contribution in [2.24, 2.45) is 0 Å². The number of amides is 1. The minimum absolute atomic E-state index is 0.0243. The molecule has 0 saturated carbocycles. The highest BCUT2D eigenvalue weighted by molar-refractivity contribution is 7.93. The van der Waals surface area contributed by atoms with Crippen LogP contribution in [0.1, 0.15) is 38.7 Å². The van der Waals surface area contributed by atoms with Crippen LogP contribution in [0.15, 0.2) is 47.4 Å². The third kappa shape index (κ3) is 5.37. The summed E-state index contributed by atoms with van der Waals surface area (Å²) < 4.78 is 54.4. The first-order valence-corrected chi connectivity index (χ1v) is 13.3. The third-order valence-electron chi connectivity index (χ3n) is 5.04. The van der Waals surface area contributed by atoms with Gasteiger partial charge in [0.1, 0.15) is 0 Å². The molecule has 1 heterocycles. The van der Waals surface area contributed by atoms with Crippen LogP contribution in [-0.4, -0.2) is 35.0 Å². The molecule has 31 heavy (non-hydrogen) atoms. The molecule has 1 aliphatic heterocycles. The van der Waals surface area contributed by atoms with E-state index in [9.17, 15) is 21.6 Å². The summed E-state index contributed by atoms with van der Waals surface area (Å²) >= 11 is 0. The molecule has 0 saturated heterocycles. The Balaban J connectivity index is 1.82. The normalized spacial score (nSPS) is 14.1. The Morgan fingerprint density at radius 2 is 1.68 bits per heavy atom. The van der Waals surface area contributed by atoms with Gasteiger partial charge in [0.25, 0.3) is 10.0 Å². The summed E-state index contributed by atoms with van der Waals surface area (Å²) in [4.78, 5) is 11.7. The summed E-state index contributed by atoms with van der Waals surface area (Å²) in [5, 5.41) is 2.71. The first-order valence-electron chi connectivity index (χ1n) is 10.2. The van der Waals surface area contributed by atoms with Crippen LogP contribution in [0.25, 0.3) is 0 Å². The molecule has 8 nitrogen and oxygen atoms in total. The summed E-state index contributed by atoms with van der Waals surface area (Å²) in [5.41, 5.74) is 2.20. The summed E-state index contributed by atoms with van der Waals surface area (Å²) in [7, 11) is -7.33. The fourth-order valence-corrected chi connectivity index (χ4v) is 5.67. The zero-order valence-corrected chi connectivity index (χ0v) is 19.2. The maximum atomic E-state index is 12.8. The van der Waals surface area contributed by atoms with E-state index in [1.165, 1.54) is 28.6 Å². The highest BCUT2D eigenvalue weighted by Gasteiger charge is 2.27. The predicted octanol–water partition coefficient (Wildman–Crippen LogP) is 3.33. The number of aryl methyl sites for hydroxylation is 1. The van der Waals surface area contributed by atoms with Crippen LogP contribution in [0.4, 0.5) is 17.1 Å². The molecular weight excluding hydrogens is 438 g/mol. The Kier molecular flexibility index (Phi) is 6.90. The van der Waals surface area contributed by atoms with Gasteiger partial charge in [-0.1, -0.05) is 13.0 Å². The molecule has 0 aliphatic carbocycles. The van der Waals surface area contributed by atoms with E-state index in [0.29, 0.717) is 24.3 Å². The van der Waals surface area contributed by atoms with Gasteiger partial charge in [-0.2, -0.15) is 0 Å². The topological polar surface area (TPSA) is 113 Å². The number of rotatable bonds is 8. The van der Waals surface area contributed by atoms with Crippen LogP contribution in [-0.2, 0) is 31.3 Å². The van der Waals surface area contributed by atoms with Gasteiger partial charge in [0, 0.05) is 18.7 Å². The molecule has 0 fully saturated rings. The molecule has 3 rings (SSSR count). The third-order valence-corrected chi connectivity index (χ3v) is 8.22. The van der Waals surface area contributed by atoms with Crippen molar-refractivity contribution in [1.82, 2.24) is 0 Å². The average molecular weight is 466 g/mol. The molecule has 168 valence electrons. The van der Waals surface area contributed by atoms with Crippen molar-refractivity contribution in [3.05, 3.63) is 48.0 Å². The lowest BCUT2D eigenvalue weighted by Crippen LogP contribution is -2.36. The molecule has 0 bridgehead atoms. The molecule has 2 aromatic rings. The summed E-state index contributed by atoms with van der Waals surface area (Å²) in [6, 6.07) is 10.9. The van der Waals surface area contributed by atoms with E-state index in [2.05, 4.69) is 10.0 Å². The largest absolute Gasteiger partial charge is 0.326 e. The number of nitrogens with one attached hydrogen (secondary N) is 2. The lowest BCUT2D eigenvalue weighted by atomic mass is 10.0. The Bertz CT molecular complexity index is 1160. The first kappa shape index (κ1) is 23.1. The Hall–Kier alpha value is -2.59. The molecule has 2 N–H and O–H groups in total. The van der Waals surface area contributed by atoms with Crippen LogP contribution in [0.2, 0.25) is 0 Å². The van der Waals surface area contributed by atoms with Gasteiger partial charge in [0.05, 0.1) is 22.0 Å². The molecule has 1 amide bonds. The van der Waals surface area contributed by atoms with E-state index < -0.39 is 20.0 Å². The van der Waals surface area contributed by atoms with Crippen LogP contribution in [0, 0.1) is 0 Å². The predicted molar refractivity (Wildman–Crippen MR) is 122 cm³/mol. The average Bonchev–Trinajstić information content (AvgIpc) is 2.73. The quantitative estimate of drug-likeness (QED) is 0.621. The molecular formula is C21H27N3O5S2. The zero-order chi connectivity index (χ0) is 22.6. The summed E-state index contributed by atoms with van der Waals surface area (Å²) in [6.07, 6.45) is 2.58. The Morgan fingerprint density at radius 1 is 1.00 bits per heavy atom. The van der Waals surface area contributed by atoms with E-state index in [1.807, 2.05) is 6.92 Å². The van der Waals surface area contributed by atoms with Crippen molar-refractivity contribution in [2.75, 3.05) is 26.6 Å². The number of carbonyl (C=O) groups is 1.